The fraction of sp³-hybridized carbons (Fsp3) is 0.500. The van der Waals surface area contributed by atoms with Crippen molar-refractivity contribution in [2.75, 3.05) is 19.6 Å². The summed E-state index contributed by atoms with van der Waals surface area (Å²) in [7, 11) is 0. The van der Waals surface area contributed by atoms with Gasteiger partial charge in [0, 0.05) is 13.0 Å². The molecule has 12 heteroatoms. The number of aliphatic imine (C=N–C) groups is 1. The molecule has 3 amide bonds. The van der Waals surface area contributed by atoms with Gasteiger partial charge in [0.1, 0.15) is 12.1 Å². The number of hydrogen-bond acceptors (Lipinski definition) is 6. The lowest BCUT2D eigenvalue weighted by Gasteiger charge is -2.21. The molecule has 0 radical (unpaired) electrons. The number of carboxylic acid groups (broad SMARTS) is 1. The summed E-state index contributed by atoms with van der Waals surface area (Å²) in [4.78, 5) is 52.8. The van der Waals surface area contributed by atoms with Gasteiger partial charge in [-0.15, -0.1) is 0 Å². The van der Waals surface area contributed by atoms with Crippen LogP contribution in [0, 0.1) is 0 Å². The number of carboxylic acids is 1. The van der Waals surface area contributed by atoms with Crippen molar-refractivity contribution in [2.45, 2.75) is 50.2 Å². The molecule has 3 atom stereocenters. The fourth-order valence-corrected chi connectivity index (χ4v) is 3.54. The van der Waals surface area contributed by atoms with E-state index in [0.717, 1.165) is 18.5 Å². The van der Waals surface area contributed by atoms with Crippen molar-refractivity contribution in [1.82, 2.24) is 21.3 Å². The quantitative estimate of drug-likeness (QED) is 0.0984. The zero-order valence-corrected chi connectivity index (χ0v) is 19.0. The van der Waals surface area contributed by atoms with Crippen LogP contribution in [0.25, 0.3) is 0 Å². The number of nitrogens with two attached hydrogens (primary N) is 2. The van der Waals surface area contributed by atoms with Crippen LogP contribution in [0.4, 0.5) is 0 Å². The van der Waals surface area contributed by atoms with Crippen molar-refractivity contribution in [3.63, 3.8) is 0 Å². The summed E-state index contributed by atoms with van der Waals surface area (Å²) in [6, 6.07) is 6.80. The maximum Gasteiger partial charge on any atom is 0.326 e. The number of carbonyl (C=O) groups excluding carboxylic acids is 3. The molecule has 3 unspecified atom stereocenters. The molecule has 1 aromatic carbocycles. The van der Waals surface area contributed by atoms with Crippen molar-refractivity contribution < 1.29 is 24.3 Å². The lowest BCUT2D eigenvalue weighted by atomic mass is 10.0. The minimum atomic E-state index is -1.21. The van der Waals surface area contributed by atoms with Gasteiger partial charge in [0.25, 0.3) is 0 Å². The third-order valence-corrected chi connectivity index (χ3v) is 5.29. The molecule has 0 aromatic heterocycles. The van der Waals surface area contributed by atoms with Crippen molar-refractivity contribution in [3.8, 4) is 0 Å². The number of rotatable bonds is 13. The van der Waals surface area contributed by atoms with Crippen LogP contribution in [-0.2, 0) is 25.6 Å². The second-order valence-corrected chi connectivity index (χ2v) is 8.02. The molecule has 0 bridgehead atoms. The lowest BCUT2D eigenvalue weighted by Crippen LogP contribution is -2.54. The number of nitrogens with one attached hydrogen (secondary N) is 4. The van der Waals surface area contributed by atoms with Crippen LogP contribution in [-0.4, -0.2) is 72.5 Å². The Labute approximate surface area is 197 Å². The third kappa shape index (κ3) is 9.45. The molecule has 1 saturated heterocycles. The van der Waals surface area contributed by atoms with Crippen LogP contribution in [0.3, 0.4) is 0 Å². The number of guanidine groups is 1. The average molecular weight is 476 g/mol. The normalized spacial score (nSPS) is 16.6. The number of nitrogens with zero attached hydrogens (tertiary/aromatic N) is 1. The van der Waals surface area contributed by atoms with E-state index in [1.54, 1.807) is 0 Å². The Morgan fingerprint density at radius 2 is 1.85 bits per heavy atom. The highest BCUT2D eigenvalue weighted by atomic mass is 16.4. The largest absolute Gasteiger partial charge is 0.480 e. The number of carbonyl (C=O) groups is 4. The summed E-state index contributed by atoms with van der Waals surface area (Å²) in [5.74, 6) is -2.78. The summed E-state index contributed by atoms with van der Waals surface area (Å²) in [5, 5.41) is 20.0. The second kappa shape index (κ2) is 13.8. The topological polar surface area (TPSA) is 201 Å². The zero-order chi connectivity index (χ0) is 24.9. The van der Waals surface area contributed by atoms with Crippen LogP contribution in [0.2, 0.25) is 0 Å². The third-order valence-electron chi connectivity index (χ3n) is 5.29. The number of aliphatic carboxylic acids is 1. The molecule has 1 aliphatic rings. The van der Waals surface area contributed by atoms with Crippen molar-refractivity contribution in [3.05, 3.63) is 35.9 Å². The van der Waals surface area contributed by atoms with Gasteiger partial charge in [-0.25, -0.2) is 4.79 Å². The molecule has 2 rings (SSSR count). The van der Waals surface area contributed by atoms with Gasteiger partial charge in [-0.1, -0.05) is 30.3 Å². The molecule has 1 heterocycles. The van der Waals surface area contributed by atoms with Gasteiger partial charge < -0.3 is 37.8 Å². The Kier molecular flexibility index (Phi) is 10.8. The first kappa shape index (κ1) is 26.6. The fourth-order valence-electron chi connectivity index (χ4n) is 3.54. The van der Waals surface area contributed by atoms with E-state index in [-0.39, 0.29) is 37.3 Å². The van der Waals surface area contributed by atoms with Crippen LogP contribution in [0.5, 0.6) is 0 Å². The van der Waals surface area contributed by atoms with E-state index in [0.29, 0.717) is 12.8 Å². The Morgan fingerprint density at radius 3 is 2.47 bits per heavy atom. The van der Waals surface area contributed by atoms with E-state index in [9.17, 15) is 24.3 Å². The monoisotopic (exact) mass is 475 g/mol. The van der Waals surface area contributed by atoms with Gasteiger partial charge in [0.15, 0.2) is 5.96 Å². The zero-order valence-electron chi connectivity index (χ0n) is 19.0. The van der Waals surface area contributed by atoms with Gasteiger partial charge >= 0.3 is 5.97 Å². The molecule has 0 aliphatic carbocycles. The molecule has 12 nitrogen and oxygen atoms in total. The van der Waals surface area contributed by atoms with E-state index >= 15 is 0 Å². The van der Waals surface area contributed by atoms with E-state index < -0.39 is 36.4 Å². The van der Waals surface area contributed by atoms with Gasteiger partial charge in [0.05, 0.1) is 12.6 Å². The van der Waals surface area contributed by atoms with Gasteiger partial charge in [-0.05, 0) is 37.8 Å². The SMILES string of the molecule is NC(N)=NCCCC(NC(=O)CNC(=O)C(Cc1ccccc1)NC(=O)C1CCCN1)C(=O)O. The maximum absolute atomic E-state index is 12.8. The Balaban J connectivity index is 1.91. The van der Waals surface area contributed by atoms with Crippen molar-refractivity contribution in [2.24, 2.45) is 16.5 Å². The van der Waals surface area contributed by atoms with Crippen molar-refractivity contribution >= 4 is 29.7 Å². The second-order valence-electron chi connectivity index (χ2n) is 8.02. The number of amides is 3. The highest BCUT2D eigenvalue weighted by Gasteiger charge is 2.28. The Hall–Kier alpha value is -3.67. The van der Waals surface area contributed by atoms with Crippen LogP contribution in [0.15, 0.2) is 35.3 Å². The van der Waals surface area contributed by atoms with Gasteiger partial charge in [-0.2, -0.15) is 0 Å². The predicted molar refractivity (Wildman–Crippen MR) is 126 cm³/mol. The summed E-state index contributed by atoms with van der Waals surface area (Å²) >= 11 is 0. The number of benzene rings is 1. The first-order chi connectivity index (χ1) is 16.3. The minimum absolute atomic E-state index is 0.0977. The molecule has 1 fully saturated rings. The smallest absolute Gasteiger partial charge is 0.326 e. The number of hydrogen-bond donors (Lipinski definition) is 7. The van der Waals surface area contributed by atoms with Crippen LogP contribution in [0.1, 0.15) is 31.2 Å². The highest BCUT2D eigenvalue weighted by molar-refractivity contribution is 5.92. The molecular weight excluding hydrogens is 442 g/mol. The van der Waals surface area contributed by atoms with E-state index in [1.165, 1.54) is 0 Å². The average Bonchev–Trinajstić information content (AvgIpc) is 3.34. The van der Waals surface area contributed by atoms with Gasteiger partial charge in [0.2, 0.25) is 17.7 Å². The molecular formula is C22H33N7O5. The summed E-state index contributed by atoms with van der Waals surface area (Å²) in [5.41, 5.74) is 11.3. The van der Waals surface area contributed by atoms with E-state index in [4.69, 9.17) is 11.5 Å². The predicted octanol–water partition coefficient (Wildman–Crippen LogP) is -1.79. The molecule has 0 spiro atoms. The Morgan fingerprint density at radius 1 is 1.12 bits per heavy atom. The first-order valence-corrected chi connectivity index (χ1v) is 11.2. The first-order valence-electron chi connectivity index (χ1n) is 11.2. The van der Waals surface area contributed by atoms with E-state index in [2.05, 4.69) is 26.3 Å². The molecule has 1 aromatic rings. The standard InChI is InChI=1S/C22H33N7O5/c23-22(24)26-11-5-9-16(21(33)34)28-18(30)13-27-19(31)17(12-14-6-2-1-3-7-14)29-20(32)15-8-4-10-25-15/h1-3,6-7,15-17,25H,4-5,8-13H2,(H,27,31)(H,28,30)(H,29,32)(H,33,34)(H4,23,24,26). The van der Waals surface area contributed by atoms with E-state index in [1.807, 2.05) is 30.3 Å². The molecule has 9 N–H and O–H groups in total. The molecule has 1 aliphatic heterocycles. The molecule has 186 valence electrons. The Bertz CT molecular complexity index is 868. The maximum atomic E-state index is 12.8. The molecule has 0 saturated carbocycles. The minimum Gasteiger partial charge on any atom is -0.480 e. The van der Waals surface area contributed by atoms with Gasteiger partial charge in [-0.3, -0.25) is 19.4 Å². The molecule has 34 heavy (non-hydrogen) atoms. The summed E-state index contributed by atoms with van der Waals surface area (Å²) < 4.78 is 0. The van der Waals surface area contributed by atoms with Crippen LogP contribution >= 0.6 is 0 Å². The highest BCUT2D eigenvalue weighted by Crippen LogP contribution is 2.08. The lowest BCUT2D eigenvalue weighted by molar-refractivity contribution is -0.142. The van der Waals surface area contributed by atoms with Crippen molar-refractivity contribution in [1.29, 1.82) is 0 Å². The summed E-state index contributed by atoms with van der Waals surface area (Å²) in [6.45, 7) is 0.541. The summed E-state index contributed by atoms with van der Waals surface area (Å²) in [6.07, 6.45) is 2.28. The van der Waals surface area contributed by atoms with Crippen LogP contribution < -0.4 is 32.7 Å².